The van der Waals surface area contributed by atoms with Crippen LogP contribution in [0.5, 0.6) is 5.75 Å². The van der Waals surface area contributed by atoms with E-state index in [0.717, 1.165) is 16.3 Å². The van der Waals surface area contributed by atoms with Gasteiger partial charge in [0.05, 0.1) is 0 Å². The molecule has 0 aliphatic rings. The van der Waals surface area contributed by atoms with E-state index in [1.165, 1.54) is 0 Å². The highest BCUT2D eigenvalue weighted by atomic mass is 19.1. The van der Waals surface area contributed by atoms with Crippen molar-refractivity contribution in [3.05, 3.63) is 78.4 Å². The van der Waals surface area contributed by atoms with Gasteiger partial charge in [0.25, 0.3) is 0 Å². The molecule has 0 N–H and O–H groups in total. The van der Waals surface area contributed by atoms with Gasteiger partial charge in [-0.15, -0.1) is 0 Å². The summed E-state index contributed by atoms with van der Waals surface area (Å²) in [6.07, 6.45) is -1.76. The van der Waals surface area contributed by atoms with Gasteiger partial charge in [-0.1, -0.05) is 66.7 Å². The van der Waals surface area contributed by atoms with Crippen LogP contribution in [0.1, 0.15) is 11.7 Å². The van der Waals surface area contributed by atoms with Crippen molar-refractivity contribution in [1.29, 1.82) is 0 Å². The molecule has 2 nitrogen and oxygen atoms in total. The van der Waals surface area contributed by atoms with Crippen LogP contribution >= 0.6 is 0 Å². The standard InChI is InChI=1S/C21H22FNO/c1-23(2)15-19(22)21(17-10-4-3-5-11-17)24-20-14-8-12-16-9-6-7-13-18(16)20/h3-14,19,21H,15H2,1-2H3/t19-,21-/m0/s1. The summed E-state index contributed by atoms with van der Waals surface area (Å²) in [5.41, 5.74) is 0.847. The summed E-state index contributed by atoms with van der Waals surface area (Å²) >= 11 is 0. The third kappa shape index (κ3) is 3.74. The van der Waals surface area contributed by atoms with Gasteiger partial charge >= 0.3 is 0 Å². The van der Waals surface area contributed by atoms with Crippen molar-refractivity contribution in [3.8, 4) is 5.75 Å². The van der Waals surface area contributed by atoms with Gasteiger partial charge in [-0.25, -0.2) is 4.39 Å². The molecule has 0 aliphatic carbocycles. The van der Waals surface area contributed by atoms with Gasteiger partial charge in [0.2, 0.25) is 0 Å². The Balaban J connectivity index is 1.96. The number of benzene rings is 3. The van der Waals surface area contributed by atoms with E-state index in [2.05, 4.69) is 0 Å². The lowest BCUT2D eigenvalue weighted by molar-refractivity contribution is 0.0819. The Morgan fingerprint density at radius 2 is 1.54 bits per heavy atom. The number of ether oxygens (including phenoxy) is 1. The highest BCUT2D eigenvalue weighted by Crippen LogP contribution is 2.32. The smallest absolute Gasteiger partial charge is 0.156 e. The largest absolute Gasteiger partial charge is 0.482 e. The third-order valence-electron chi connectivity index (χ3n) is 4.00. The zero-order chi connectivity index (χ0) is 16.9. The summed E-state index contributed by atoms with van der Waals surface area (Å²) in [7, 11) is 3.74. The van der Waals surface area contributed by atoms with E-state index in [9.17, 15) is 4.39 Å². The van der Waals surface area contributed by atoms with Crippen LogP contribution in [0.25, 0.3) is 10.8 Å². The number of alkyl halides is 1. The van der Waals surface area contributed by atoms with Crippen LogP contribution in [-0.2, 0) is 0 Å². The Bertz CT molecular complexity index is 783. The van der Waals surface area contributed by atoms with Crippen molar-refractivity contribution in [3.63, 3.8) is 0 Å². The molecule has 0 spiro atoms. The lowest BCUT2D eigenvalue weighted by atomic mass is 10.0. The van der Waals surface area contributed by atoms with E-state index in [0.29, 0.717) is 12.3 Å². The molecule has 0 aromatic heterocycles. The van der Waals surface area contributed by atoms with E-state index < -0.39 is 12.3 Å². The molecule has 3 heteroatoms. The average Bonchev–Trinajstić information content (AvgIpc) is 2.60. The molecule has 3 aromatic carbocycles. The number of nitrogens with zero attached hydrogens (tertiary/aromatic N) is 1. The molecule has 0 saturated carbocycles. The molecular formula is C21H22FNO. The zero-order valence-corrected chi connectivity index (χ0v) is 14.0. The van der Waals surface area contributed by atoms with E-state index in [1.807, 2.05) is 91.8 Å². The quantitative estimate of drug-likeness (QED) is 0.642. The minimum Gasteiger partial charge on any atom is -0.482 e. The van der Waals surface area contributed by atoms with Gasteiger partial charge in [-0.05, 0) is 31.1 Å². The van der Waals surface area contributed by atoms with Crippen LogP contribution < -0.4 is 4.74 Å². The van der Waals surface area contributed by atoms with Crippen LogP contribution in [-0.4, -0.2) is 31.7 Å². The van der Waals surface area contributed by atoms with E-state index in [-0.39, 0.29) is 0 Å². The normalized spacial score (nSPS) is 13.8. The summed E-state index contributed by atoms with van der Waals surface area (Å²) in [4.78, 5) is 1.84. The summed E-state index contributed by atoms with van der Waals surface area (Å²) < 4.78 is 21.1. The fourth-order valence-corrected chi connectivity index (χ4v) is 2.87. The first-order valence-corrected chi connectivity index (χ1v) is 8.13. The fourth-order valence-electron chi connectivity index (χ4n) is 2.87. The zero-order valence-electron chi connectivity index (χ0n) is 14.0. The minimum atomic E-state index is -1.12. The van der Waals surface area contributed by atoms with Crippen molar-refractivity contribution in [2.75, 3.05) is 20.6 Å². The summed E-state index contributed by atoms with van der Waals surface area (Å²) in [5.74, 6) is 0.711. The molecule has 0 heterocycles. The number of hydrogen-bond donors (Lipinski definition) is 0. The van der Waals surface area contributed by atoms with Crippen LogP contribution in [0.3, 0.4) is 0 Å². The Labute approximate surface area is 142 Å². The molecule has 124 valence electrons. The maximum absolute atomic E-state index is 14.9. The van der Waals surface area contributed by atoms with Crippen molar-refractivity contribution in [1.82, 2.24) is 4.90 Å². The minimum absolute atomic E-state index is 0.310. The summed E-state index contributed by atoms with van der Waals surface area (Å²) in [6, 6.07) is 23.5. The highest BCUT2D eigenvalue weighted by molar-refractivity contribution is 5.88. The lowest BCUT2D eigenvalue weighted by Gasteiger charge is -2.25. The molecule has 0 unspecified atom stereocenters. The molecule has 24 heavy (non-hydrogen) atoms. The second kappa shape index (κ2) is 7.45. The summed E-state index contributed by atoms with van der Waals surface area (Å²) in [6.45, 7) is 0.310. The van der Waals surface area contributed by atoms with Gasteiger partial charge in [0, 0.05) is 11.9 Å². The Kier molecular flexibility index (Phi) is 5.11. The first kappa shape index (κ1) is 16.5. The number of rotatable bonds is 6. The monoisotopic (exact) mass is 323 g/mol. The first-order chi connectivity index (χ1) is 11.6. The third-order valence-corrected chi connectivity index (χ3v) is 4.00. The van der Waals surface area contributed by atoms with Gasteiger partial charge < -0.3 is 9.64 Å². The first-order valence-electron chi connectivity index (χ1n) is 8.13. The molecule has 0 bridgehead atoms. The Morgan fingerprint density at radius 3 is 2.29 bits per heavy atom. The molecular weight excluding hydrogens is 301 g/mol. The molecule has 3 aromatic rings. The predicted molar refractivity (Wildman–Crippen MR) is 97.2 cm³/mol. The number of fused-ring (bicyclic) bond motifs is 1. The van der Waals surface area contributed by atoms with E-state index in [4.69, 9.17) is 4.74 Å². The van der Waals surface area contributed by atoms with Crippen LogP contribution in [0.15, 0.2) is 72.8 Å². The van der Waals surface area contributed by atoms with Gasteiger partial charge in [-0.2, -0.15) is 0 Å². The van der Waals surface area contributed by atoms with Crippen molar-refractivity contribution < 1.29 is 9.13 Å². The van der Waals surface area contributed by atoms with Crippen molar-refractivity contribution in [2.24, 2.45) is 0 Å². The van der Waals surface area contributed by atoms with Gasteiger partial charge in [0.15, 0.2) is 12.3 Å². The second-order valence-corrected chi connectivity index (χ2v) is 6.20. The molecule has 2 atom stereocenters. The predicted octanol–water partition coefficient (Wildman–Crippen LogP) is 4.86. The fraction of sp³-hybridized carbons (Fsp3) is 0.238. The van der Waals surface area contributed by atoms with Crippen LogP contribution in [0, 0.1) is 0 Å². The number of halogens is 1. The van der Waals surface area contributed by atoms with Crippen LogP contribution in [0.4, 0.5) is 4.39 Å². The average molecular weight is 323 g/mol. The highest BCUT2D eigenvalue weighted by Gasteiger charge is 2.26. The molecule has 0 aliphatic heterocycles. The van der Waals surface area contributed by atoms with Crippen molar-refractivity contribution in [2.45, 2.75) is 12.3 Å². The molecule has 0 radical (unpaired) electrons. The SMILES string of the molecule is CN(C)C[C@H](F)[C@@H](Oc1cccc2ccccc12)c1ccccc1. The van der Waals surface area contributed by atoms with E-state index in [1.54, 1.807) is 0 Å². The van der Waals surface area contributed by atoms with Crippen molar-refractivity contribution >= 4 is 10.8 Å². The summed E-state index contributed by atoms with van der Waals surface area (Å²) in [5, 5.41) is 2.09. The van der Waals surface area contributed by atoms with E-state index >= 15 is 0 Å². The molecule has 0 fully saturated rings. The van der Waals surface area contributed by atoms with Gasteiger partial charge in [-0.3, -0.25) is 0 Å². The second-order valence-electron chi connectivity index (χ2n) is 6.20. The Morgan fingerprint density at radius 1 is 0.875 bits per heavy atom. The molecule has 3 rings (SSSR count). The lowest BCUT2D eigenvalue weighted by Crippen LogP contribution is -2.30. The maximum Gasteiger partial charge on any atom is 0.156 e. The number of hydrogen-bond acceptors (Lipinski definition) is 2. The maximum atomic E-state index is 14.9. The van der Waals surface area contributed by atoms with Crippen LogP contribution in [0.2, 0.25) is 0 Å². The Hall–Kier alpha value is -2.39. The topological polar surface area (TPSA) is 12.5 Å². The molecule has 0 saturated heterocycles. The van der Waals surface area contributed by atoms with Gasteiger partial charge in [0.1, 0.15) is 5.75 Å². The molecule has 0 amide bonds.